The molecule has 2 rings (SSSR count). The van der Waals surface area contributed by atoms with Gasteiger partial charge in [-0.2, -0.15) is 0 Å². The summed E-state index contributed by atoms with van der Waals surface area (Å²) < 4.78 is 28.6. The Kier molecular flexibility index (Phi) is 6.87. The highest BCUT2D eigenvalue weighted by Crippen LogP contribution is 2.22. The molecule has 1 aromatic carbocycles. The van der Waals surface area contributed by atoms with Crippen LogP contribution >= 0.6 is 0 Å². The predicted octanol–water partition coefficient (Wildman–Crippen LogP) is 2.83. The van der Waals surface area contributed by atoms with Gasteiger partial charge in [-0.15, -0.1) is 0 Å². The highest BCUT2D eigenvalue weighted by molar-refractivity contribution is 7.90. The van der Waals surface area contributed by atoms with E-state index in [2.05, 4.69) is 0 Å². The summed E-state index contributed by atoms with van der Waals surface area (Å²) in [5, 5.41) is 0. The minimum atomic E-state index is -3.00. The van der Waals surface area contributed by atoms with Crippen LogP contribution in [0.2, 0.25) is 0 Å². The second-order valence-corrected chi connectivity index (χ2v) is 9.41. The maximum absolute atomic E-state index is 12.8. The SMILES string of the molecule is CC(C)Oc1cccc(CC(=O)N2CCCCC2CCS(C)(=O)=O)c1. The first-order valence-corrected chi connectivity index (χ1v) is 11.0. The number of hydrogen-bond donors (Lipinski definition) is 0. The summed E-state index contributed by atoms with van der Waals surface area (Å²) in [5.41, 5.74) is 0.926. The predicted molar refractivity (Wildman–Crippen MR) is 99.6 cm³/mol. The molecule has 0 N–H and O–H groups in total. The zero-order valence-electron chi connectivity index (χ0n) is 15.4. The molecule has 25 heavy (non-hydrogen) atoms. The van der Waals surface area contributed by atoms with E-state index in [9.17, 15) is 13.2 Å². The van der Waals surface area contributed by atoms with Crippen molar-refractivity contribution in [2.24, 2.45) is 0 Å². The van der Waals surface area contributed by atoms with Gasteiger partial charge in [-0.1, -0.05) is 12.1 Å². The summed E-state index contributed by atoms with van der Waals surface area (Å²) in [7, 11) is -3.00. The van der Waals surface area contributed by atoms with E-state index >= 15 is 0 Å². The molecule has 1 amide bonds. The minimum Gasteiger partial charge on any atom is -0.491 e. The third kappa shape index (κ3) is 6.69. The number of hydrogen-bond acceptors (Lipinski definition) is 4. The molecule has 1 unspecified atom stereocenters. The van der Waals surface area contributed by atoms with Gasteiger partial charge >= 0.3 is 0 Å². The maximum Gasteiger partial charge on any atom is 0.227 e. The highest BCUT2D eigenvalue weighted by Gasteiger charge is 2.27. The van der Waals surface area contributed by atoms with Gasteiger partial charge in [0.25, 0.3) is 0 Å². The molecule has 0 aliphatic carbocycles. The Morgan fingerprint density at radius 1 is 1.32 bits per heavy atom. The van der Waals surface area contributed by atoms with Crippen molar-refractivity contribution in [3.05, 3.63) is 29.8 Å². The average molecular weight is 368 g/mol. The summed E-state index contributed by atoms with van der Waals surface area (Å²) in [6.45, 7) is 4.66. The van der Waals surface area contributed by atoms with Gasteiger partial charge in [0.05, 0.1) is 18.3 Å². The first kappa shape index (κ1) is 19.8. The number of likely N-dealkylation sites (tertiary alicyclic amines) is 1. The van der Waals surface area contributed by atoms with Gasteiger partial charge in [-0.3, -0.25) is 4.79 Å². The van der Waals surface area contributed by atoms with Crippen molar-refractivity contribution in [3.63, 3.8) is 0 Å². The van der Waals surface area contributed by atoms with Gasteiger partial charge in [0.2, 0.25) is 5.91 Å². The van der Waals surface area contributed by atoms with Crippen LogP contribution < -0.4 is 4.74 Å². The van der Waals surface area contributed by atoms with E-state index in [-0.39, 0.29) is 23.8 Å². The van der Waals surface area contributed by atoms with Crippen LogP contribution in [0.15, 0.2) is 24.3 Å². The van der Waals surface area contributed by atoms with Crippen LogP contribution in [-0.2, 0) is 21.1 Å². The zero-order valence-corrected chi connectivity index (χ0v) is 16.2. The quantitative estimate of drug-likeness (QED) is 0.743. The number of carbonyl (C=O) groups excluding carboxylic acids is 1. The van der Waals surface area contributed by atoms with Crippen LogP contribution in [0.25, 0.3) is 0 Å². The Morgan fingerprint density at radius 2 is 2.08 bits per heavy atom. The number of benzene rings is 1. The van der Waals surface area contributed by atoms with Crippen molar-refractivity contribution in [3.8, 4) is 5.75 Å². The molecule has 0 saturated carbocycles. The lowest BCUT2D eigenvalue weighted by Gasteiger charge is -2.36. The van der Waals surface area contributed by atoms with Gasteiger partial charge < -0.3 is 9.64 Å². The van der Waals surface area contributed by atoms with E-state index in [0.717, 1.165) is 37.1 Å². The number of nitrogens with zero attached hydrogens (tertiary/aromatic N) is 1. The molecule has 1 fully saturated rings. The third-order valence-corrected chi connectivity index (χ3v) is 5.37. The minimum absolute atomic E-state index is 0.0334. The molecule has 0 radical (unpaired) electrons. The van der Waals surface area contributed by atoms with Crippen molar-refractivity contribution < 1.29 is 17.9 Å². The fourth-order valence-corrected chi connectivity index (χ4v) is 3.96. The third-order valence-electron chi connectivity index (χ3n) is 4.39. The van der Waals surface area contributed by atoms with Crippen LogP contribution in [0.5, 0.6) is 5.75 Å². The number of rotatable bonds is 7. The molecular weight excluding hydrogens is 338 g/mol. The lowest BCUT2D eigenvalue weighted by molar-refractivity contribution is -0.134. The lowest BCUT2D eigenvalue weighted by atomic mass is 9.99. The topological polar surface area (TPSA) is 63.7 Å². The van der Waals surface area contributed by atoms with Gasteiger partial charge in [0, 0.05) is 18.8 Å². The van der Waals surface area contributed by atoms with Crippen molar-refractivity contribution in [2.45, 2.75) is 58.1 Å². The summed E-state index contributed by atoms with van der Waals surface area (Å²) >= 11 is 0. The Morgan fingerprint density at radius 3 is 2.76 bits per heavy atom. The molecular formula is C19H29NO4S. The zero-order chi connectivity index (χ0) is 18.4. The van der Waals surface area contributed by atoms with Gasteiger partial charge in [0.1, 0.15) is 15.6 Å². The normalized spacial score (nSPS) is 18.4. The standard InChI is InChI=1S/C19H29NO4S/c1-15(2)24-18-9-6-7-16(13-18)14-19(21)20-11-5-4-8-17(20)10-12-25(3,22)23/h6-7,9,13,15,17H,4-5,8,10-12,14H2,1-3H3. The molecule has 1 atom stereocenters. The number of carbonyl (C=O) groups is 1. The molecule has 0 spiro atoms. The molecule has 1 saturated heterocycles. The molecule has 5 nitrogen and oxygen atoms in total. The first-order valence-electron chi connectivity index (χ1n) is 8.97. The smallest absolute Gasteiger partial charge is 0.227 e. The maximum atomic E-state index is 12.8. The molecule has 1 aliphatic rings. The molecule has 1 heterocycles. The van der Waals surface area contributed by atoms with Crippen molar-refractivity contribution >= 4 is 15.7 Å². The lowest BCUT2D eigenvalue weighted by Crippen LogP contribution is -2.45. The van der Waals surface area contributed by atoms with Crippen LogP contribution in [-0.4, -0.2) is 49.9 Å². The number of sulfone groups is 1. The fourth-order valence-electron chi connectivity index (χ4n) is 3.26. The van der Waals surface area contributed by atoms with Crippen LogP contribution in [0.1, 0.15) is 45.1 Å². The molecule has 0 bridgehead atoms. The Labute approximate surface area is 151 Å². The van der Waals surface area contributed by atoms with E-state index in [1.165, 1.54) is 6.26 Å². The van der Waals surface area contributed by atoms with Gasteiger partial charge in [-0.05, 0) is 57.2 Å². The molecule has 6 heteroatoms. The van der Waals surface area contributed by atoms with Crippen molar-refractivity contribution in [1.29, 1.82) is 0 Å². The van der Waals surface area contributed by atoms with Crippen molar-refractivity contribution in [2.75, 3.05) is 18.6 Å². The Hall–Kier alpha value is -1.56. The monoisotopic (exact) mass is 367 g/mol. The van der Waals surface area contributed by atoms with Crippen molar-refractivity contribution in [1.82, 2.24) is 4.90 Å². The van der Waals surface area contributed by atoms with Crippen LogP contribution in [0.4, 0.5) is 0 Å². The summed E-state index contributed by atoms with van der Waals surface area (Å²) in [6.07, 6.45) is 5.12. The van der Waals surface area contributed by atoms with E-state index in [0.29, 0.717) is 12.8 Å². The molecule has 1 aliphatic heterocycles. The average Bonchev–Trinajstić information content (AvgIpc) is 2.52. The number of piperidine rings is 1. The van der Waals surface area contributed by atoms with E-state index in [4.69, 9.17) is 4.74 Å². The number of ether oxygens (including phenoxy) is 1. The number of amides is 1. The van der Waals surface area contributed by atoms with E-state index < -0.39 is 9.84 Å². The largest absolute Gasteiger partial charge is 0.491 e. The summed E-state index contributed by atoms with van der Waals surface area (Å²) in [4.78, 5) is 14.7. The second kappa shape index (κ2) is 8.70. The van der Waals surface area contributed by atoms with E-state index in [1.54, 1.807) is 0 Å². The fraction of sp³-hybridized carbons (Fsp3) is 0.632. The van der Waals surface area contributed by atoms with Crippen LogP contribution in [0.3, 0.4) is 0 Å². The van der Waals surface area contributed by atoms with Gasteiger partial charge in [-0.25, -0.2) is 8.42 Å². The first-order chi connectivity index (χ1) is 11.7. The molecule has 0 aromatic heterocycles. The molecule has 140 valence electrons. The second-order valence-electron chi connectivity index (χ2n) is 7.15. The van der Waals surface area contributed by atoms with Crippen LogP contribution in [0, 0.1) is 0 Å². The van der Waals surface area contributed by atoms with Gasteiger partial charge in [0.15, 0.2) is 0 Å². The van der Waals surface area contributed by atoms with E-state index in [1.807, 2.05) is 43.0 Å². The highest BCUT2D eigenvalue weighted by atomic mass is 32.2. The summed E-state index contributed by atoms with van der Waals surface area (Å²) in [6, 6.07) is 7.67. The summed E-state index contributed by atoms with van der Waals surface area (Å²) in [5.74, 6) is 0.978. The Bertz CT molecular complexity index is 684. The molecule has 1 aromatic rings. The Balaban J connectivity index is 2.02.